The van der Waals surface area contributed by atoms with Gasteiger partial charge in [-0.15, -0.1) is 0 Å². The van der Waals surface area contributed by atoms with Gasteiger partial charge in [0.1, 0.15) is 5.82 Å². The van der Waals surface area contributed by atoms with Gasteiger partial charge in [-0.2, -0.15) is 9.78 Å². The molecule has 3 aromatic carbocycles. The van der Waals surface area contributed by atoms with Crippen LogP contribution in [0.4, 0.5) is 4.39 Å². The topological polar surface area (TPSA) is 95.1 Å². The van der Waals surface area contributed by atoms with Gasteiger partial charge in [-0.3, -0.25) is 4.79 Å². The maximum Gasteiger partial charge on any atom is 0.280 e. The lowest BCUT2D eigenvalue weighted by atomic mass is 9.96. The van der Waals surface area contributed by atoms with Gasteiger partial charge < -0.3 is 0 Å². The van der Waals surface area contributed by atoms with Crippen molar-refractivity contribution in [2.45, 2.75) is 11.8 Å². The third-order valence-corrected chi connectivity index (χ3v) is 6.14. The molecule has 0 bridgehead atoms. The summed E-state index contributed by atoms with van der Waals surface area (Å²) < 4.78 is 38.3. The predicted octanol–water partition coefficient (Wildman–Crippen LogP) is 4.31. The van der Waals surface area contributed by atoms with Crippen molar-refractivity contribution in [2.75, 3.05) is 0 Å². The van der Waals surface area contributed by atoms with Crippen LogP contribution in [0.3, 0.4) is 0 Å². The highest BCUT2D eigenvalue weighted by atomic mass is 35.5. The Labute approximate surface area is 188 Å². The first-order valence-corrected chi connectivity index (χ1v) is 11.4. The summed E-state index contributed by atoms with van der Waals surface area (Å²) in [6.45, 7) is 1.61. The van der Waals surface area contributed by atoms with Crippen molar-refractivity contribution in [3.8, 4) is 27.9 Å². The highest BCUT2D eigenvalue weighted by Gasteiger charge is 2.18. The van der Waals surface area contributed by atoms with Crippen LogP contribution in [0, 0.1) is 12.7 Å². The van der Waals surface area contributed by atoms with Crippen LogP contribution in [0.1, 0.15) is 5.56 Å². The molecule has 1 aromatic heterocycles. The summed E-state index contributed by atoms with van der Waals surface area (Å²) >= 11 is 6.08. The van der Waals surface area contributed by atoms with Crippen molar-refractivity contribution in [3.05, 3.63) is 99.7 Å². The Morgan fingerprint density at radius 1 is 1.00 bits per heavy atom. The molecule has 0 aliphatic rings. The summed E-state index contributed by atoms with van der Waals surface area (Å²) in [5, 5.41) is 9.91. The lowest BCUT2D eigenvalue weighted by molar-refractivity contribution is 0.598. The molecule has 0 aliphatic heterocycles. The zero-order valence-electron chi connectivity index (χ0n) is 16.8. The Morgan fingerprint density at radius 2 is 1.69 bits per heavy atom. The first-order chi connectivity index (χ1) is 15.1. The smallest absolute Gasteiger partial charge is 0.267 e. The third-order valence-electron chi connectivity index (χ3n) is 4.97. The average Bonchev–Trinajstić information content (AvgIpc) is 2.75. The summed E-state index contributed by atoms with van der Waals surface area (Å²) in [7, 11) is -3.87. The van der Waals surface area contributed by atoms with Crippen molar-refractivity contribution < 1.29 is 12.8 Å². The van der Waals surface area contributed by atoms with E-state index in [0.717, 1.165) is 0 Å². The molecule has 0 fully saturated rings. The maximum atomic E-state index is 13.9. The Balaban J connectivity index is 1.99. The quantitative estimate of drug-likeness (QED) is 0.481. The van der Waals surface area contributed by atoms with Crippen molar-refractivity contribution in [1.82, 2.24) is 9.78 Å². The number of hydrogen-bond donors (Lipinski definition) is 1. The van der Waals surface area contributed by atoms with Crippen LogP contribution < -0.4 is 10.7 Å². The fourth-order valence-corrected chi connectivity index (χ4v) is 4.07. The molecule has 9 heteroatoms. The van der Waals surface area contributed by atoms with E-state index < -0.39 is 21.4 Å². The Bertz CT molecular complexity index is 1500. The number of nitrogens with two attached hydrogens (primary N) is 1. The van der Waals surface area contributed by atoms with Gasteiger partial charge in [0.2, 0.25) is 10.0 Å². The van der Waals surface area contributed by atoms with E-state index in [1.807, 2.05) is 0 Å². The fourth-order valence-electron chi connectivity index (χ4n) is 3.37. The van der Waals surface area contributed by atoms with Crippen molar-refractivity contribution in [1.29, 1.82) is 0 Å². The molecule has 0 saturated carbocycles. The molecule has 0 aliphatic carbocycles. The molecule has 0 unspecified atom stereocenters. The van der Waals surface area contributed by atoms with E-state index in [2.05, 4.69) is 5.10 Å². The Kier molecular flexibility index (Phi) is 5.68. The average molecular weight is 470 g/mol. The van der Waals surface area contributed by atoms with E-state index in [9.17, 15) is 17.6 Å². The number of benzene rings is 3. The predicted molar refractivity (Wildman–Crippen MR) is 122 cm³/mol. The minimum Gasteiger partial charge on any atom is -0.267 e. The largest absolute Gasteiger partial charge is 0.280 e. The van der Waals surface area contributed by atoms with E-state index in [-0.39, 0.29) is 10.5 Å². The molecule has 6 nitrogen and oxygen atoms in total. The van der Waals surface area contributed by atoms with Crippen LogP contribution in [0.2, 0.25) is 5.02 Å². The monoisotopic (exact) mass is 469 g/mol. The lowest BCUT2D eigenvalue weighted by Crippen LogP contribution is -2.23. The van der Waals surface area contributed by atoms with Gasteiger partial charge in [0.05, 0.1) is 22.3 Å². The van der Waals surface area contributed by atoms with Crippen molar-refractivity contribution in [3.63, 3.8) is 0 Å². The van der Waals surface area contributed by atoms with Gasteiger partial charge >= 0.3 is 0 Å². The number of rotatable bonds is 4. The number of primary sulfonamides is 1. The highest BCUT2D eigenvalue weighted by molar-refractivity contribution is 7.89. The van der Waals surface area contributed by atoms with Gasteiger partial charge in [-0.25, -0.2) is 17.9 Å². The van der Waals surface area contributed by atoms with E-state index in [0.29, 0.717) is 33.0 Å². The summed E-state index contributed by atoms with van der Waals surface area (Å²) in [5.74, 6) is -0.392. The molecule has 0 saturated heterocycles. The summed E-state index contributed by atoms with van der Waals surface area (Å²) in [5.41, 5.74) is 2.20. The zero-order valence-corrected chi connectivity index (χ0v) is 18.4. The minimum absolute atomic E-state index is 0.0549. The second kappa shape index (κ2) is 8.31. The molecule has 162 valence electrons. The maximum absolute atomic E-state index is 13.9. The van der Waals surface area contributed by atoms with Crippen LogP contribution in [0.5, 0.6) is 0 Å². The molecule has 2 N–H and O–H groups in total. The zero-order chi connectivity index (χ0) is 23.0. The molecule has 0 amide bonds. The van der Waals surface area contributed by atoms with E-state index in [1.54, 1.807) is 49.4 Å². The van der Waals surface area contributed by atoms with E-state index in [1.165, 1.54) is 35.1 Å². The first kappa shape index (κ1) is 21.9. The van der Waals surface area contributed by atoms with Crippen molar-refractivity contribution in [2.24, 2.45) is 5.14 Å². The SMILES string of the molecule is Cc1cc(-c2c(-c3ccc(S(N)(=O)=O)cc3)cnn(-c3cccc(Cl)c3)c2=O)ccc1F. The first-order valence-electron chi connectivity index (χ1n) is 9.43. The molecule has 32 heavy (non-hydrogen) atoms. The highest BCUT2D eigenvalue weighted by Crippen LogP contribution is 2.31. The Hall–Kier alpha value is -3.33. The van der Waals surface area contributed by atoms with Crippen LogP contribution in [0.15, 0.2) is 82.6 Å². The lowest BCUT2D eigenvalue weighted by Gasteiger charge is -2.14. The van der Waals surface area contributed by atoms with Gasteiger partial charge in [-0.1, -0.05) is 35.9 Å². The number of aromatic nitrogens is 2. The van der Waals surface area contributed by atoms with Gasteiger partial charge in [0.25, 0.3) is 5.56 Å². The molecule has 0 spiro atoms. The van der Waals surface area contributed by atoms with Crippen LogP contribution in [0.25, 0.3) is 27.9 Å². The molecule has 0 radical (unpaired) electrons. The van der Waals surface area contributed by atoms with Crippen LogP contribution >= 0.6 is 11.6 Å². The summed E-state index contributed by atoms with van der Waals surface area (Å²) in [4.78, 5) is 13.5. The second-order valence-electron chi connectivity index (χ2n) is 7.16. The number of aryl methyl sites for hydroxylation is 1. The standard InChI is InChI=1S/C23H17ClFN3O3S/c1-14-11-16(7-10-21(14)25)22-20(15-5-8-19(9-6-15)32(26,30)31)13-27-28(23(22)29)18-4-2-3-17(24)12-18/h2-13H,1H3,(H2,26,30,31). The number of nitrogens with zero attached hydrogens (tertiary/aromatic N) is 2. The number of halogens is 2. The summed E-state index contributed by atoms with van der Waals surface area (Å²) in [6, 6.07) is 16.9. The Morgan fingerprint density at radius 3 is 2.31 bits per heavy atom. The van der Waals surface area contributed by atoms with Gasteiger partial charge in [0, 0.05) is 10.6 Å². The van der Waals surface area contributed by atoms with Crippen molar-refractivity contribution >= 4 is 21.6 Å². The number of sulfonamides is 1. The second-order valence-corrected chi connectivity index (χ2v) is 9.16. The fraction of sp³-hybridized carbons (Fsp3) is 0.0435. The molecule has 4 rings (SSSR count). The number of hydrogen-bond acceptors (Lipinski definition) is 4. The van der Waals surface area contributed by atoms with E-state index in [4.69, 9.17) is 16.7 Å². The third kappa shape index (κ3) is 4.20. The van der Waals surface area contributed by atoms with Crippen LogP contribution in [-0.2, 0) is 10.0 Å². The normalized spacial score (nSPS) is 11.5. The van der Waals surface area contributed by atoms with Crippen LogP contribution in [-0.4, -0.2) is 18.2 Å². The minimum atomic E-state index is -3.87. The molecular formula is C23H17ClFN3O3S. The molecule has 0 atom stereocenters. The van der Waals surface area contributed by atoms with Gasteiger partial charge in [0.15, 0.2) is 0 Å². The van der Waals surface area contributed by atoms with Gasteiger partial charge in [-0.05, 0) is 66.1 Å². The molecule has 4 aromatic rings. The summed E-state index contributed by atoms with van der Waals surface area (Å²) in [6.07, 6.45) is 1.50. The molecule has 1 heterocycles. The molecular weight excluding hydrogens is 453 g/mol. The van der Waals surface area contributed by atoms with E-state index >= 15 is 0 Å².